The number of nitrogens with one attached hydrogen (secondary N) is 1. The molecule has 1 N–H and O–H groups in total. The minimum atomic E-state index is 0.00879. The van der Waals surface area contributed by atoms with E-state index in [9.17, 15) is 4.79 Å². The maximum atomic E-state index is 12.0. The highest BCUT2D eigenvalue weighted by molar-refractivity contribution is 14.1. The Morgan fingerprint density at radius 1 is 1.53 bits per heavy atom. The molecule has 0 aromatic heterocycles. The Morgan fingerprint density at radius 3 is 2.82 bits per heavy atom. The Bertz CT molecular complexity index is 443. The Labute approximate surface area is 120 Å². The van der Waals surface area contributed by atoms with Crippen LogP contribution in [0.2, 0.25) is 0 Å². The summed E-state index contributed by atoms with van der Waals surface area (Å²) in [6.45, 7) is 2.71. The number of carbonyl (C=O) groups excluding carboxylic acids is 1. The van der Waals surface area contributed by atoms with Crippen molar-refractivity contribution >= 4 is 40.1 Å². The van der Waals surface area contributed by atoms with Crippen molar-refractivity contribution < 1.29 is 4.79 Å². The van der Waals surface area contributed by atoms with Gasteiger partial charge in [0.15, 0.2) is 0 Å². The van der Waals surface area contributed by atoms with Crippen LogP contribution in [0.5, 0.6) is 0 Å². The molecule has 0 unspecified atom stereocenters. The lowest BCUT2D eigenvalue weighted by Gasteiger charge is -2.13. The molecule has 1 saturated carbocycles. The maximum absolute atomic E-state index is 12.0. The van der Waals surface area contributed by atoms with Crippen LogP contribution >= 0.6 is 34.2 Å². The molecule has 17 heavy (non-hydrogen) atoms. The molecule has 1 amide bonds. The lowest BCUT2D eigenvalue weighted by atomic mass is 10.1. The summed E-state index contributed by atoms with van der Waals surface area (Å²) in [5, 5.41) is 2.99. The van der Waals surface area contributed by atoms with Crippen LogP contribution in [0.15, 0.2) is 18.2 Å². The zero-order valence-corrected chi connectivity index (χ0v) is 12.6. The van der Waals surface area contributed by atoms with Crippen molar-refractivity contribution in [2.75, 3.05) is 12.4 Å². The smallest absolute Gasteiger partial charge is 0.252 e. The van der Waals surface area contributed by atoms with Crippen molar-refractivity contribution in [1.29, 1.82) is 0 Å². The standard InChI is InChI=1S/C13H15ClINO/c1-9-3-2-4-10(11(9)15)12(17)16-8-13(7-14)5-6-13/h2-4H,5-8H2,1H3,(H,16,17). The van der Waals surface area contributed by atoms with E-state index in [4.69, 9.17) is 11.6 Å². The van der Waals surface area contributed by atoms with Crippen molar-refractivity contribution in [2.24, 2.45) is 5.41 Å². The predicted molar refractivity (Wildman–Crippen MR) is 78.6 cm³/mol. The lowest BCUT2D eigenvalue weighted by Crippen LogP contribution is -2.31. The van der Waals surface area contributed by atoms with Gasteiger partial charge in [0.2, 0.25) is 0 Å². The molecule has 0 bridgehead atoms. The largest absolute Gasteiger partial charge is 0.351 e. The average molecular weight is 364 g/mol. The SMILES string of the molecule is Cc1cccc(C(=O)NCC2(CCl)CC2)c1I. The van der Waals surface area contributed by atoms with Gasteiger partial charge in [-0.3, -0.25) is 4.79 Å². The van der Waals surface area contributed by atoms with Crippen molar-refractivity contribution in [3.05, 3.63) is 32.9 Å². The molecule has 0 radical (unpaired) electrons. The normalized spacial score (nSPS) is 16.6. The molecule has 0 aliphatic heterocycles. The van der Waals surface area contributed by atoms with Gasteiger partial charge in [-0.2, -0.15) is 0 Å². The van der Waals surface area contributed by atoms with Crippen molar-refractivity contribution in [1.82, 2.24) is 5.32 Å². The molecule has 0 saturated heterocycles. The van der Waals surface area contributed by atoms with E-state index in [1.165, 1.54) is 0 Å². The molecular formula is C13H15ClINO. The first-order valence-electron chi connectivity index (χ1n) is 5.67. The molecule has 1 aliphatic rings. The molecule has 0 spiro atoms. The number of halogens is 2. The third-order valence-electron chi connectivity index (χ3n) is 3.30. The molecule has 0 atom stereocenters. The third-order valence-corrected chi connectivity index (χ3v) is 5.30. The number of carbonyl (C=O) groups is 1. The second kappa shape index (κ2) is 5.14. The van der Waals surface area contributed by atoms with Crippen LogP contribution in [0.3, 0.4) is 0 Å². The highest BCUT2D eigenvalue weighted by atomic mass is 127. The fourth-order valence-electron chi connectivity index (χ4n) is 1.72. The monoisotopic (exact) mass is 363 g/mol. The van der Waals surface area contributed by atoms with E-state index in [-0.39, 0.29) is 11.3 Å². The van der Waals surface area contributed by atoms with Gasteiger partial charge in [0.25, 0.3) is 5.91 Å². The number of rotatable bonds is 4. The second-order valence-corrected chi connectivity index (χ2v) is 6.10. The Balaban J connectivity index is 2.02. The second-order valence-electron chi connectivity index (χ2n) is 4.75. The summed E-state index contributed by atoms with van der Waals surface area (Å²) in [7, 11) is 0. The molecule has 4 heteroatoms. The maximum Gasteiger partial charge on any atom is 0.252 e. The van der Waals surface area contributed by atoms with Gasteiger partial charge in [-0.15, -0.1) is 11.6 Å². The van der Waals surface area contributed by atoms with Crippen molar-refractivity contribution in [3.8, 4) is 0 Å². The zero-order valence-electron chi connectivity index (χ0n) is 9.72. The van der Waals surface area contributed by atoms with Gasteiger partial charge < -0.3 is 5.32 Å². The van der Waals surface area contributed by atoms with Gasteiger partial charge in [0.1, 0.15) is 0 Å². The molecule has 2 nitrogen and oxygen atoms in total. The summed E-state index contributed by atoms with van der Waals surface area (Å²) in [5.41, 5.74) is 2.07. The number of hydrogen-bond donors (Lipinski definition) is 1. The van der Waals surface area contributed by atoms with Gasteiger partial charge in [0.05, 0.1) is 5.56 Å². The van der Waals surface area contributed by atoms with Crippen LogP contribution in [0.4, 0.5) is 0 Å². The summed E-state index contributed by atoms with van der Waals surface area (Å²) in [4.78, 5) is 12.0. The molecule has 0 heterocycles. The number of amides is 1. The summed E-state index contributed by atoms with van der Waals surface area (Å²) in [6.07, 6.45) is 2.25. The summed E-state index contributed by atoms with van der Waals surface area (Å²) < 4.78 is 1.03. The molecule has 1 aromatic rings. The van der Waals surface area contributed by atoms with Gasteiger partial charge in [0, 0.05) is 21.4 Å². The third kappa shape index (κ3) is 2.94. The van der Waals surface area contributed by atoms with E-state index in [0.717, 1.165) is 27.5 Å². The quantitative estimate of drug-likeness (QED) is 0.645. The molecule has 1 fully saturated rings. The van der Waals surface area contributed by atoms with E-state index >= 15 is 0 Å². The highest BCUT2D eigenvalue weighted by Gasteiger charge is 2.41. The first-order valence-corrected chi connectivity index (χ1v) is 7.29. The fourth-order valence-corrected chi connectivity index (χ4v) is 2.69. The minimum absolute atomic E-state index is 0.00879. The van der Waals surface area contributed by atoms with Gasteiger partial charge >= 0.3 is 0 Å². The average Bonchev–Trinajstić information content (AvgIpc) is 3.10. The van der Waals surface area contributed by atoms with Crippen LogP contribution < -0.4 is 5.32 Å². The molecular weight excluding hydrogens is 349 g/mol. The van der Waals surface area contributed by atoms with E-state index in [1.54, 1.807) is 0 Å². The predicted octanol–water partition coefficient (Wildman–Crippen LogP) is 3.35. The van der Waals surface area contributed by atoms with Crippen LogP contribution in [0.1, 0.15) is 28.8 Å². The number of aryl methyl sites for hydroxylation is 1. The van der Waals surface area contributed by atoms with Crippen LogP contribution in [0.25, 0.3) is 0 Å². The number of benzene rings is 1. The fraction of sp³-hybridized carbons (Fsp3) is 0.462. The topological polar surface area (TPSA) is 29.1 Å². The van der Waals surface area contributed by atoms with E-state index < -0.39 is 0 Å². The Kier molecular flexibility index (Phi) is 3.98. The lowest BCUT2D eigenvalue weighted by molar-refractivity contribution is 0.0945. The summed E-state index contributed by atoms with van der Waals surface area (Å²) >= 11 is 8.11. The molecule has 92 valence electrons. The first kappa shape index (κ1) is 13.1. The minimum Gasteiger partial charge on any atom is -0.351 e. The van der Waals surface area contributed by atoms with Gasteiger partial charge in [-0.05, 0) is 54.0 Å². The zero-order chi connectivity index (χ0) is 12.5. The first-order chi connectivity index (χ1) is 8.08. The molecule has 1 aromatic carbocycles. The van der Waals surface area contributed by atoms with Gasteiger partial charge in [-0.25, -0.2) is 0 Å². The van der Waals surface area contributed by atoms with E-state index in [1.807, 2.05) is 25.1 Å². The summed E-state index contributed by atoms with van der Waals surface area (Å²) in [5.74, 6) is 0.646. The van der Waals surface area contributed by atoms with Crippen LogP contribution in [0, 0.1) is 15.9 Å². The Morgan fingerprint density at radius 2 is 2.24 bits per heavy atom. The number of hydrogen-bond acceptors (Lipinski definition) is 1. The van der Waals surface area contributed by atoms with E-state index in [0.29, 0.717) is 12.4 Å². The van der Waals surface area contributed by atoms with Crippen LogP contribution in [-0.2, 0) is 0 Å². The Hall–Kier alpha value is -0.290. The van der Waals surface area contributed by atoms with Crippen molar-refractivity contribution in [3.63, 3.8) is 0 Å². The van der Waals surface area contributed by atoms with Gasteiger partial charge in [-0.1, -0.05) is 12.1 Å². The summed E-state index contributed by atoms with van der Waals surface area (Å²) in [6, 6.07) is 5.80. The van der Waals surface area contributed by atoms with Crippen LogP contribution in [-0.4, -0.2) is 18.3 Å². The highest BCUT2D eigenvalue weighted by Crippen LogP contribution is 2.45. The number of alkyl halides is 1. The molecule has 1 aliphatic carbocycles. The van der Waals surface area contributed by atoms with Crippen molar-refractivity contribution in [2.45, 2.75) is 19.8 Å². The van der Waals surface area contributed by atoms with E-state index in [2.05, 4.69) is 27.9 Å². The molecule has 2 rings (SSSR count).